The molecule has 4 rings (SSSR count). The molecule has 0 aliphatic heterocycles. The van der Waals surface area contributed by atoms with Crippen LogP contribution in [0.2, 0.25) is 0 Å². The molecule has 0 saturated heterocycles. The third kappa shape index (κ3) is 3.69. The van der Waals surface area contributed by atoms with E-state index in [9.17, 15) is 0 Å². The second-order valence-corrected chi connectivity index (χ2v) is 7.52. The highest BCUT2D eigenvalue weighted by Crippen LogP contribution is 2.36. The van der Waals surface area contributed by atoms with Crippen molar-refractivity contribution >= 4 is 0 Å². The van der Waals surface area contributed by atoms with Gasteiger partial charge in [0.1, 0.15) is 0 Å². The average molecular weight is 326 g/mol. The van der Waals surface area contributed by atoms with Gasteiger partial charge in [0.05, 0.1) is 0 Å². The highest BCUT2D eigenvalue weighted by molar-refractivity contribution is 5.70. The van der Waals surface area contributed by atoms with E-state index >= 15 is 0 Å². The zero-order chi connectivity index (χ0) is 17.1. The summed E-state index contributed by atoms with van der Waals surface area (Å²) in [6, 6.07) is 28.8. The molecule has 0 heteroatoms. The molecule has 3 aromatic rings. The fraction of sp³-hybridized carbons (Fsp3) is 0.280. The van der Waals surface area contributed by atoms with E-state index in [0.717, 1.165) is 11.8 Å². The van der Waals surface area contributed by atoms with E-state index in [4.69, 9.17) is 0 Å². The Kier molecular flexibility index (Phi) is 4.70. The SMILES string of the molecule is CC1CCC(c2ccc(-c3ccc(-c4ccccc4)cc3)cc2)CC1. The van der Waals surface area contributed by atoms with Crippen LogP contribution in [0.5, 0.6) is 0 Å². The quantitative estimate of drug-likeness (QED) is 0.473. The lowest BCUT2D eigenvalue weighted by atomic mass is 9.79. The Balaban J connectivity index is 1.50. The Labute approximate surface area is 151 Å². The van der Waals surface area contributed by atoms with Crippen molar-refractivity contribution in [3.8, 4) is 22.3 Å². The molecule has 25 heavy (non-hydrogen) atoms. The van der Waals surface area contributed by atoms with Crippen LogP contribution in [-0.2, 0) is 0 Å². The van der Waals surface area contributed by atoms with E-state index in [1.165, 1.54) is 53.5 Å². The van der Waals surface area contributed by atoms with Gasteiger partial charge in [-0.1, -0.05) is 98.6 Å². The molecule has 0 radical (unpaired) electrons. The molecule has 0 aromatic heterocycles. The van der Waals surface area contributed by atoms with E-state index in [-0.39, 0.29) is 0 Å². The van der Waals surface area contributed by atoms with Crippen LogP contribution in [0.15, 0.2) is 78.9 Å². The molecule has 1 aliphatic rings. The van der Waals surface area contributed by atoms with Gasteiger partial charge in [0.15, 0.2) is 0 Å². The maximum Gasteiger partial charge on any atom is -0.0162 e. The van der Waals surface area contributed by atoms with Crippen molar-refractivity contribution in [3.63, 3.8) is 0 Å². The minimum absolute atomic E-state index is 0.769. The number of hydrogen-bond acceptors (Lipinski definition) is 0. The van der Waals surface area contributed by atoms with E-state index in [1.807, 2.05) is 0 Å². The minimum Gasteiger partial charge on any atom is -0.0625 e. The molecule has 0 N–H and O–H groups in total. The van der Waals surface area contributed by atoms with Gasteiger partial charge in [-0.3, -0.25) is 0 Å². The van der Waals surface area contributed by atoms with Gasteiger partial charge >= 0.3 is 0 Å². The van der Waals surface area contributed by atoms with Crippen molar-refractivity contribution < 1.29 is 0 Å². The molecular weight excluding hydrogens is 300 g/mol. The van der Waals surface area contributed by atoms with Gasteiger partial charge in [-0.2, -0.15) is 0 Å². The topological polar surface area (TPSA) is 0 Å². The van der Waals surface area contributed by atoms with Crippen LogP contribution in [0, 0.1) is 5.92 Å². The van der Waals surface area contributed by atoms with Gasteiger partial charge in [-0.15, -0.1) is 0 Å². The lowest BCUT2D eigenvalue weighted by Crippen LogP contribution is -2.10. The van der Waals surface area contributed by atoms with E-state index in [1.54, 1.807) is 0 Å². The maximum absolute atomic E-state index is 2.39. The fourth-order valence-corrected chi connectivity index (χ4v) is 4.03. The minimum atomic E-state index is 0.769. The zero-order valence-electron chi connectivity index (χ0n) is 15.0. The fourth-order valence-electron chi connectivity index (χ4n) is 4.03. The second-order valence-electron chi connectivity index (χ2n) is 7.52. The molecule has 0 spiro atoms. The van der Waals surface area contributed by atoms with Crippen molar-refractivity contribution in [1.82, 2.24) is 0 Å². The molecule has 0 unspecified atom stereocenters. The summed E-state index contributed by atoms with van der Waals surface area (Å²) in [6.07, 6.45) is 5.47. The zero-order valence-corrected chi connectivity index (χ0v) is 15.0. The molecule has 0 bridgehead atoms. The summed E-state index contributed by atoms with van der Waals surface area (Å²) in [6.45, 7) is 2.39. The first-order valence-corrected chi connectivity index (χ1v) is 9.55. The van der Waals surface area contributed by atoms with Gasteiger partial charge in [0.25, 0.3) is 0 Å². The standard InChI is InChI=1S/C25H26/c1-19-7-9-21(10-8-19)23-15-17-25(18-16-23)24-13-11-22(12-14-24)20-5-3-2-4-6-20/h2-6,11-19,21H,7-10H2,1H3. The third-order valence-electron chi connectivity index (χ3n) is 5.72. The lowest BCUT2D eigenvalue weighted by Gasteiger charge is -2.26. The molecule has 0 amide bonds. The Morgan fingerprint density at radius 3 is 1.48 bits per heavy atom. The monoisotopic (exact) mass is 326 g/mol. The summed E-state index contributed by atoms with van der Waals surface area (Å²) >= 11 is 0. The van der Waals surface area contributed by atoms with Crippen molar-refractivity contribution in [2.75, 3.05) is 0 Å². The Bertz CT molecular complexity index is 789. The normalized spacial score (nSPS) is 20.4. The Hall–Kier alpha value is -2.34. The van der Waals surface area contributed by atoms with Crippen molar-refractivity contribution in [3.05, 3.63) is 84.4 Å². The van der Waals surface area contributed by atoms with Crippen LogP contribution in [-0.4, -0.2) is 0 Å². The molecule has 0 heterocycles. The summed E-state index contributed by atoms with van der Waals surface area (Å²) in [7, 11) is 0. The van der Waals surface area contributed by atoms with E-state index in [2.05, 4.69) is 85.8 Å². The van der Waals surface area contributed by atoms with Crippen molar-refractivity contribution in [2.45, 2.75) is 38.5 Å². The molecule has 1 saturated carbocycles. The molecule has 3 aromatic carbocycles. The summed E-state index contributed by atoms with van der Waals surface area (Å²) < 4.78 is 0. The van der Waals surface area contributed by atoms with Crippen LogP contribution in [0.1, 0.15) is 44.1 Å². The van der Waals surface area contributed by atoms with Crippen LogP contribution in [0.3, 0.4) is 0 Å². The lowest BCUT2D eigenvalue weighted by molar-refractivity contribution is 0.348. The van der Waals surface area contributed by atoms with Crippen LogP contribution in [0.25, 0.3) is 22.3 Å². The molecular formula is C25H26. The summed E-state index contributed by atoms with van der Waals surface area (Å²) in [4.78, 5) is 0. The van der Waals surface area contributed by atoms with Gasteiger partial charge in [0.2, 0.25) is 0 Å². The Morgan fingerprint density at radius 2 is 0.960 bits per heavy atom. The van der Waals surface area contributed by atoms with Crippen LogP contribution in [0.4, 0.5) is 0 Å². The van der Waals surface area contributed by atoms with Crippen molar-refractivity contribution in [1.29, 1.82) is 0 Å². The first-order valence-electron chi connectivity index (χ1n) is 9.55. The molecule has 1 aliphatic carbocycles. The number of benzene rings is 3. The third-order valence-corrected chi connectivity index (χ3v) is 5.72. The van der Waals surface area contributed by atoms with Crippen LogP contribution < -0.4 is 0 Å². The second kappa shape index (κ2) is 7.27. The predicted octanol–water partition coefficient (Wildman–Crippen LogP) is 7.31. The first kappa shape index (κ1) is 16.1. The molecule has 1 fully saturated rings. The van der Waals surface area contributed by atoms with Crippen LogP contribution >= 0.6 is 0 Å². The van der Waals surface area contributed by atoms with Crippen molar-refractivity contribution in [2.24, 2.45) is 5.92 Å². The predicted molar refractivity (Wildman–Crippen MR) is 108 cm³/mol. The number of rotatable bonds is 3. The number of hydrogen-bond donors (Lipinski definition) is 0. The van der Waals surface area contributed by atoms with Gasteiger partial charge in [-0.05, 0) is 52.5 Å². The first-order chi connectivity index (χ1) is 12.3. The Morgan fingerprint density at radius 1 is 0.520 bits per heavy atom. The molecule has 0 nitrogen and oxygen atoms in total. The van der Waals surface area contributed by atoms with E-state index in [0.29, 0.717) is 0 Å². The highest BCUT2D eigenvalue weighted by Gasteiger charge is 2.19. The van der Waals surface area contributed by atoms with Gasteiger partial charge < -0.3 is 0 Å². The summed E-state index contributed by atoms with van der Waals surface area (Å²) in [5, 5.41) is 0. The smallest absolute Gasteiger partial charge is 0.0162 e. The molecule has 126 valence electrons. The van der Waals surface area contributed by atoms with Gasteiger partial charge in [-0.25, -0.2) is 0 Å². The average Bonchev–Trinajstić information content (AvgIpc) is 2.70. The van der Waals surface area contributed by atoms with E-state index < -0.39 is 0 Å². The highest BCUT2D eigenvalue weighted by atomic mass is 14.2. The maximum atomic E-state index is 2.39. The van der Waals surface area contributed by atoms with Gasteiger partial charge in [0, 0.05) is 0 Å². The molecule has 0 atom stereocenters. The largest absolute Gasteiger partial charge is 0.0625 e. The summed E-state index contributed by atoms with van der Waals surface area (Å²) in [5.74, 6) is 1.68. The summed E-state index contributed by atoms with van der Waals surface area (Å²) in [5.41, 5.74) is 6.68.